The van der Waals surface area contributed by atoms with Crippen molar-refractivity contribution in [2.24, 2.45) is 5.92 Å². The zero-order chi connectivity index (χ0) is 19.2. The molecule has 2 aromatic rings. The molecule has 0 unspecified atom stereocenters. The first kappa shape index (κ1) is 20.4. The fraction of sp³-hybridized carbons (Fsp3) is 0.455. The minimum Gasteiger partial charge on any atom is -0.497 e. The lowest BCUT2D eigenvalue weighted by Gasteiger charge is -2.37. The van der Waals surface area contributed by atoms with Gasteiger partial charge in [-0.1, -0.05) is 24.3 Å². The Morgan fingerprint density at radius 2 is 1.50 bits per heavy atom. The maximum atomic E-state index is 13.2. The Labute approximate surface area is 156 Å². The number of hydrogen-bond donors (Lipinski definition) is 0. The zero-order valence-corrected chi connectivity index (χ0v) is 16.3. The van der Waals surface area contributed by atoms with Gasteiger partial charge in [-0.3, -0.25) is 0 Å². The molecule has 0 fully saturated rings. The topological polar surface area (TPSA) is 27.7 Å². The molecule has 0 bridgehead atoms. The number of halogens is 1. The lowest BCUT2D eigenvalue weighted by molar-refractivity contribution is -0.0947. The molecule has 0 spiro atoms. The van der Waals surface area contributed by atoms with Crippen molar-refractivity contribution in [3.63, 3.8) is 0 Å². The lowest BCUT2D eigenvalue weighted by Crippen LogP contribution is -2.42. The number of hydrogen-bond acceptors (Lipinski definition) is 3. The molecule has 0 amide bonds. The highest BCUT2D eigenvalue weighted by Gasteiger charge is 2.34. The van der Waals surface area contributed by atoms with Crippen molar-refractivity contribution in [3.05, 3.63) is 65.5 Å². The quantitative estimate of drug-likeness (QED) is 0.628. The van der Waals surface area contributed by atoms with Crippen molar-refractivity contribution < 1.29 is 18.6 Å². The molecule has 142 valence electrons. The van der Waals surface area contributed by atoms with Crippen molar-refractivity contribution in [1.29, 1.82) is 0 Å². The fourth-order valence-electron chi connectivity index (χ4n) is 3.07. The van der Waals surface area contributed by atoms with Gasteiger partial charge in [-0.05, 0) is 62.6 Å². The van der Waals surface area contributed by atoms with Gasteiger partial charge in [0.1, 0.15) is 11.6 Å². The van der Waals surface area contributed by atoms with Gasteiger partial charge in [0.2, 0.25) is 0 Å². The lowest BCUT2D eigenvalue weighted by atomic mass is 9.81. The predicted molar refractivity (Wildman–Crippen MR) is 102 cm³/mol. The van der Waals surface area contributed by atoms with E-state index in [0.717, 1.165) is 23.3 Å². The summed E-state index contributed by atoms with van der Waals surface area (Å²) < 4.78 is 30.3. The molecule has 0 heterocycles. The van der Waals surface area contributed by atoms with E-state index in [1.165, 1.54) is 12.1 Å². The molecule has 0 aliphatic carbocycles. The van der Waals surface area contributed by atoms with Crippen molar-refractivity contribution in [3.8, 4) is 5.75 Å². The summed E-state index contributed by atoms with van der Waals surface area (Å²) in [6, 6.07) is 14.5. The van der Waals surface area contributed by atoms with Crippen LogP contribution in [-0.4, -0.2) is 25.9 Å². The second kappa shape index (κ2) is 9.15. The maximum Gasteiger partial charge on any atom is 0.123 e. The van der Waals surface area contributed by atoms with Crippen LogP contribution in [0.3, 0.4) is 0 Å². The Balaban J connectivity index is 2.06. The molecule has 0 radical (unpaired) electrons. The van der Waals surface area contributed by atoms with Crippen LogP contribution < -0.4 is 4.74 Å². The molecule has 0 saturated heterocycles. The average molecular weight is 360 g/mol. The van der Waals surface area contributed by atoms with E-state index in [1.54, 1.807) is 14.2 Å². The van der Waals surface area contributed by atoms with E-state index in [1.807, 2.05) is 36.4 Å². The highest BCUT2D eigenvalue weighted by molar-refractivity contribution is 5.26. The summed E-state index contributed by atoms with van der Waals surface area (Å²) in [4.78, 5) is 0. The van der Waals surface area contributed by atoms with Crippen LogP contribution in [0.1, 0.15) is 31.9 Å². The first-order valence-corrected chi connectivity index (χ1v) is 8.90. The molecule has 2 rings (SSSR count). The molecule has 0 aliphatic heterocycles. The van der Waals surface area contributed by atoms with Gasteiger partial charge in [0.25, 0.3) is 0 Å². The van der Waals surface area contributed by atoms with E-state index in [-0.39, 0.29) is 23.4 Å². The summed E-state index contributed by atoms with van der Waals surface area (Å²) in [7, 11) is 3.37. The van der Waals surface area contributed by atoms with Gasteiger partial charge >= 0.3 is 0 Å². The molecular formula is C22H29FO3. The van der Waals surface area contributed by atoms with Crippen LogP contribution in [0.5, 0.6) is 5.75 Å². The van der Waals surface area contributed by atoms with Crippen LogP contribution in [0, 0.1) is 11.7 Å². The van der Waals surface area contributed by atoms with Crippen LogP contribution in [0.25, 0.3) is 0 Å². The summed E-state index contributed by atoms with van der Waals surface area (Å²) in [5, 5.41) is 0. The fourth-order valence-corrected chi connectivity index (χ4v) is 3.07. The second-order valence-corrected chi connectivity index (χ2v) is 7.11. The van der Waals surface area contributed by atoms with E-state index in [4.69, 9.17) is 14.2 Å². The third-order valence-corrected chi connectivity index (χ3v) is 5.03. The van der Waals surface area contributed by atoms with E-state index in [9.17, 15) is 4.39 Å². The van der Waals surface area contributed by atoms with E-state index < -0.39 is 0 Å². The molecule has 0 aliphatic rings. The summed E-state index contributed by atoms with van der Waals surface area (Å²) in [5.41, 5.74) is 1.79. The van der Waals surface area contributed by atoms with Gasteiger partial charge in [0, 0.05) is 13.0 Å². The maximum absolute atomic E-state index is 13.2. The average Bonchev–Trinajstić information content (AvgIpc) is 2.65. The minimum absolute atomic E-state index is 0.0305. The van der Waals surface area contributed by atoms with Gasteiger partial charge in [-0.15, -0.1) is 0 Å². The minimum atomic E-state index is -0.367. The number of rotatable bonds is 9. The van der Waals surface area contributed by atoms with Crippen molar-refractivity contribution in [2.45, 2.75) is 45.5 Å². The predicted octanol–water partition coefficient (Wildman–Crippen LogP) is 5.02. The number of benzene rings is 2. The standard InChI is InChI=1S/C22H29FO3/c1-16(26-15-18-8-12-20(24-4)13-9-18)21(22(2,3)25-5)14-17-6-10-19(23)11-7-17/h6-13,16,21H,14-15H2,1-5H3/t16-,21-/m0/s1. The van der Waals surface area contributed by atoms with Crippen molar-refractivity contribution in [1.82, 2.24) is 0 Å². The van der Waals surface area contributed by atoms with Gasteiger partial charge in [0.05, 0.1) is 25.4 Å². The van der Waals surface area contributed by atoms with Crippen LogP contribution in [0.2, 0.25) is 0 Å². The first-order valence-electron chi connectivity index (χ1n) is 8.90. The molecule has 0 aromatic heterocycles. The molecular weight excluding hydrogens is 331 g/mol. The third-order valence-electron chi connectivity index (χ3n) is 5.03. The van der Waals surface area contributed by atoms with E-state index in [0.29, 0.717) is 6.61 Å². The SMILES string of the molecule is COc1ccc(CO[C@@H](C)[C@H](Cc2ccc(F)cc2)C(C)(C)OC)cc1. The summed E-state index contributed by atoms with van der Waals surface area (Å²) >= 11 is 0. The van der Waals surface area contributed by atoms with E-state index >= 15 is 0 Å². The smallest absolute Gasteiger partial charge is 0.123 e. The Kier molecular flexibility index (Phi) is 7.18. The normalized spacial score (nSPS) is 14.1. The summed E-state index contributed by atoms with van der Waals surface area (Å²) in [6.07, 6.45) is 0.724. The zero-order valence-electron chi connectivity index (χ0n) is 16.3. The number of methoxy groups -OCH3 is 2. The molecule has 2 aromatic carbocycles. The molecule has 0 N–H and O–H groups in total. The number of ether oxygens (including phenoxy) is 3. The molecule has 26 heavy (non-hydrogen) atoms. The van der Waals surface area contributed by atoms with Gasteiger partial charge in [0.15, 0.2) is 0 Å². The first-order chi connectivity index (χ1) is 12.4. The summed E-state index contributed by atoms with van der Waals surface area (Å²) in [5.74, 6) is 0.729. The van der Waals surface area contributed by atoms with Gasteiger partial charge in [-0.2, -0.15) is 0 Å². The molecule has 4 heteroatoms. The molecule has 3 nitrogen and oxygen atoms in total. The second-order valence-electron chi connectivity index (χ2n) is 7.11. The third kappa shape index (κ3) is 5.55. The van der Waals surface area contributed by atoms with Crippen molar-refractivity contribution >= 4 is 0 Å². The van der Waals surface area contributed by atoms with Crippen LogP contribution in [0.15, 0.2) is 48.5 Å². The Hall–Kier alpha value is -1.91. The highest BCUT2D eigenvalue weighted by atomic mass is 19.1. The van der Waals surface area contributed by atoms with Crippen LogP contribution in [0.4, 0.5) is 4.39 Å². The Morgan fingerprint density at radius 3 is 2.04 bits per heavy atom. The van der Waals surface area contributed by atoms with Crippen LogP contribution in [-0.2, 0) is 22.5 Å². The molecule has 0 saturated carbocycles. The summed E-state index contributed by atoms with van der Waals surface area (Å²) in [6.45, 7) is 6.71. The highest BCUT2D eigenvalue weighted by Crippen LogP contribution is 2.30. The largest absolute Gasteiger partial charge is 0.497 e. The van der Waals surface area contributed by atoms with Crippen LogP contribution >= 0.6 is 0 Å². The van der Waals surface area contributed by atoms with Gasteiger partial charge < -0.3 is 14.2 Å². The van der Waals surface area contributed by atoms with Crippen molar-refractivity contribution in [2.75, 3.05) is 14.2 Å². The Morgan fingerprint density at radius 1 is 0.923 bits per heavy atom. The Bertz CT molecular complexity index is 665. The monoisotopic (exact) mass is 360 g/mol. The van der Waals surface area contributed by atoms with Gasteiger partial charge in [-0.25, -0.2) is 4.39 Å². The molecule has 2 atom stereocenters. The van der Waals surface area contributed by atoms with E-state index in [2.05, 4.69) is 20.8 Å².